The van der Waals surface area contributed by atoms with Crippen LogP contribution in [-0.2, 0) is 6.42 Å². The molecule has 1 aromatic heterocycles. The summed E-state index contributed by atoms with van der Waals surface area (Å²) in [5, 5.41) is 13.0. The fraction of sp³-hybridized carbons (Fsp3) is 0.474. The maximum absolute atomic E-state index is 12.7. The fourth-order valence-electron chi connectivity index (χ4n) is 3.10. The lowest BCUT2D eigenvalue weighted by atomic mass is 10.1. The number of nitrogens with one attached hydrogen (secondary N) is 1. The van der Waals surface area contributed by atoms with Crippen molar-refractivity contribution in [3.63, 3.8) is 0 Å². The Morgan fingerprint density at radius 2 is 2.07 bits per heavy atom. The molecule has 0 fully saturated rings. The highest BCUT2D eigenvalue weighted by Crippen LogP contribution is 2.31. The zero-order valence-corrected chi connectivity index (χ0v) is 16.2. The average molecular weight is 375 g/mol. The van der Waals surface area contributed by atoms with E-state index < -0.39 is 4.92 Å². The number of nitrogens with zero attached hydrogens (tertiary/aromatic N) is 2. The molecule has 0 aliphatic rings. The monoisotopic (exact) mass is 375 g/mol. The topological polar surface area (TPSA) is 115 Å². The zero-order chi connectivity index (χ0) is 20.0. The Bertz CT molecular complexity index is 863. The van der Waals surface area contributed by atoms with E-state index in [9.17, 15) is 14.9 Å². The van der Waals surface area contributed by atoms with Gasteiger partial charge >= 0.3 is 5.56 Å². The van der Waals surface area contributed by atoms with E-state index in [1.54, 1.807) is 6.07 Å². The minimum atomic E-state index is -0.489. The first-order valence-electron chi connectivity index (χ1n) is 9.25. The van der Waals surface area contributed by atoms with Crippen LogP contribution in [0, 0.1) is 10.1 Å². The van der Waals surface area contributed by atoms with Crippen LogP contribution in [0.25, 0.3) is 11.4 Å². The Morgan fingerprint density at radius 1 is 1.33 bits per heavy atom. The molecule has 27 heavy (non-hydrogen) atoms. The summed E-state index contributed by atoms with van der Waals surface area (Å²) in [6, 6.07) is 4.58. The van der Waals surface area contributed by atoms with Crippen molar-refractivity contribution in [3.8, 4) is 17.1 Å². The third kappa shape index (κ3) is 4.71. The molecule has 146 valence electrons. The maximum Gasteiger partial charge on any atom is 0.312 e. The number of hydrogen-bond acceptors (Lipinski definition) is 5. The number of aryl methyl sites for hydroxylation is 1. The van der Waals surface area contributed by atoms with Gasteiger partial charge in [0, 0.05) is 6.07 Å². The quantitative estimate of drug-likeness (QED) is 0.516. The van der Waals surface area contributed by atoms with Gasteiger partial charge in [-0.15, -0.1) is 0 Å². The number of non-ortho nitro benzene ring substituents is 1. The third-order valence-corrected chi connectivity index (χ3v) is 4.61. The first-order chi connectivity index (χ1) is 12.9. The fourth-order valence-corrected chi connectivity index (χ4v) is 3.10. The number of rotatable bonds is 9. The van der Waals surface area contributed by atoms with Crippen LogP contribution in [-0.4, -0.2) is 28.0 Å². The van der Waals surface area contributed by atoms with E-state index in [1.165, 1.54) is 19.2 Å². The van der Waals surface area contributed by atoms with Crippen LogP contribution >= 0.6 is 0 Å². The standard InChI is InChI=1S/C19H26N4O4/c1-5-8-12(6-2)20-17-15(7-3)21-18(22-19(17)24)14-10-9-13(23(25)26)11-16(14)27-4/h9-12,20H,5-8H2,1-4H3,(H,21,22,24)/p+1. The largest absolute Gasteiger partial charge is 0.496 e. The number of hydrogen-bond donors (Lipinski definition) is 2. The lowest BCUT2D eigenvalue weighted by molar-refractivity contribution is -0.613. The van der Waals surface area contributed by atoms with Crippen molar-refractivity contribution in [2.45, 2.75) is 52.5 Å². The van der Waals surface area contributed by atoms with Gasteiger partial charge in [0.2, 0.25) is 5.69 Å². The average Bonchev–Trinajstić information content (AvgIpc) is 2.67. The van der Waals surface area contributed by atoms with Crippen molar-refractivity contribution in [1.82, 2.24) is 9.97 Å². The molecule has 0 aliphatic heterocycles. The predicted molar refractivity (Wildman–Crippen MR) is 103 cm³/mol. The lowest BCUT2D eigenvalue weighted by Gasteiger charge is -2.15. The number of ether oxygens (including phenoxy) is 1. The van der Waals surface area contributed by atoms with E-state index >= 15 is 0 Å². The smallest absolute Gasteiger partial charge is 0.312 e. The van der Waals surface area contributed by atoms with Crippen molar-refractivity contribution < 1.29 is 15.0 Å². The van der Waals surface area contributed by atoms with Gasteiger partial charge in [0.1, 0.15) is 17.3 Å². The van der Waals surface area contributed by atoms with Crippen molar-refractivity contribution in [2.24, 2.45) is 0 Å². The molecule has 1 aromatic carbocycles. The summed E-state index contributed by atoms with van der Waals surface area (Å²) in [7, 11) is 1.43. The van der Waals surface area contributed by atoms with Crippen LogP contribution in [0.5, 0.6) is 5.75 Å². The number of H-pyrrole nitrogens is 1. The number of benzene rings is 1. The Hall–Kier alpha value is -2.74. The van der Waals surface area contributed by atoms with Gasteiger partial charge in [-0.1, -0.05) is 27.2 Å². The summed E-state index contributed by atoms with van der Waals surface area (Å²) < 4.78 is 5.27. The van der Waals surface area contributed by atoms with E-state index in [0.717, 1.165) is 19.3 Å². The Labute approximate surface area is 158 Å². The van der Waals surface area contributed by atoms with Crippen LogP contribution in [0.15, 0.2) is 23.0 Å². The summed E-state index contributed by atoms with van der Waals surface area (Å²) >= 11 is 0. The molecule has 0 saturated heterocycles. The van der Waals surface area contributed by atoms with Gasteiger partial charge < -0.3 is 15.0 Å². The van der Waals surface area contributed by atoms with Gasteiger partial charge in [-0.25, -0.2) is 4.98 Å². The molecule has 8 nitrogen and oxygen atoms in total. The van der Waals surface area contributed by atoms with Crippen LogP contribution in [0.4, 0.5) is 11.4 Å². The van der Waals surface area contributed by atoms with Gasteiger partial charge in [0.15, 0.2) is 0 Å². The van der Waals surface area contributed by atoms with E-state index in [1.807, 2.05) is 12.2 Å². The summed E-state index contributed by atoms with van der Waals surface area (Å²) in [4.78, 5) is 30.7. The molecule has 0 saturated carbocycles. The second-order valence-corrected chi connectivity index (χ2v) is 6.39. The number of nitrogens with two attached hydrogens (primary N) is 1. The van der Waals surface area contributed by atoms with Crippen molar-refractivity contribution in [2.75, 3.05) is 7.11 Å². The molecule has 0 spiro atoms. The number of quaternary nitrogens is 1. The minimum Gasteiger partial charge on any atom is -0.496 e. The second-order valence-electron chi connectivity index (χ2n) is 6.39. The van der Waals surface area contributed by atoms with Gasteiger partial charge in [-0.2, -0.15) is 0 Å². The number of aromatic nitrogens is 2. The van der Waals surface area contributed by atoms with Crippen molar-refractivity contribution in [3.05, 3.63) is 44.4 Å². The highest BCUT2D eigenvalue weighted by Gasteiger charge is 2.21. The first-order valence-corrected chi connectivity index (χ1v) is 9.25. The number of nitro groups is 1. The molecule has 2 rings (SSSR count). The molecule has 8 heteroatoms. The highest BCUT2D eigenvalue weighted by atomic mass is 16.6. The first kappa shape index (κ1) is 20.6. The molecule has 0 bridgehead atoms. The maximum atomic E-state index is 12.7. The molecule has 1 atom stereocenters. The number of aromatic amines is 1. The van der Waals surface area contributed by atoms with E-state index in [2.05, 4.69) is 23.8 Å². The molecule has 2 aromatic rings. The third-order valence-electron chi connectivity index (χ3n) is 4.61. The number of nitro benzene ring substituents is 1. The lowest BCUT2D eigenvalue weighted by Crippen LogP contribution is -2.86. The van der Waals surface area contributed by atoms with Crippen LogP contribution < -0.4 is 15.6 Å². The zero-order valence-electron chi connectivity index (χ0n) is 16.2. The normalized spacial score (nSPS) is 12.0. The summed E-state index contributed by atoms with van der Waals surface area (Å²) in [6.45, 7) is 6.20. The molecular weight excluding hydrogens is 348 g/mol. The van der Waals surface area contributed by atoms with Gasteiger partial charge in [0.25, 0.3) is 5.69 Å². The predicted octanol–water partition coefficient (Wildman–Crippen LogP) is 2.69. The Morgan fingerprint density at radius 3 is 2.63 bits per heavy atom. The molecule has 0 radical (unpaired) electrons. The Kier molecular flexibility index (Phi) is 7.06. The second kappa shape index (κ2) is 9.27. The summed E-state index contributed by atoms with van der Waals surface area (Å²) in [6.07, 6.45) is 3.66. The molecule has 0 aliphatic carbocycles. The molecule has 0 amide bonds. The highest BCUT2D eigenvalue weighted by molar-refractivity contribution is 5.67. The Balaban J connectivity index is 2.50. The van der Waals surface area contributed by atoms with Crippen molar-refractivity contribution in [1.29, 1.82) is 0 Å². The molecule has 1 unspecified atom stereocenters. The summed E-state index contributed by atoms with van der Waals surface area (Å²) in [5.74, 6) is 0.646. The van der Waals surface area contributed by atoms with Crippen LogP contribution in [0.3, 0.4) is 0 Å². The summed E-state index contributed by atoms with van der Waals surface area (Å²) in [5.41, 5.74) is 1.56. The van der Waals surface area contributed by atoms with E-state index in [0.29, 0.717) is 41.0 Å². The van der Waals surface area contributed by atoms with Crippen molar-refractivity contribution >= 4 is 11.4 Å². The van der Waals surface area contributed by atoms with Gasteiger partial charge in [-0.3, -0.25) is 14.9 Å². The van der Waals surface area contributed by atoms with Gasteiger partial charge in [0.05, 0.1) is 29.7 Å². The minimum absolute atomic E-state index is 0.0797. The van der Waals surface area contributed by atoms with Gasteiger partial charge in [-0.05, 0) is 25.3 Å². The SMILES string of the molecule is CCCC(CC)[NH2+]c1c(CC)nc(-c2ccc([N+](=O)[O-])cc2OC)[nH]c1=O. The molecule has 3 N–H and O–H groups in total. The van der Waals surface area contributed by atoms with Crippen LogP contribution in [0.2, 0.25) is 0 Å². The number of methoxy groups -OCH3 is 1. The van der Waals surface area contributed by atoms with E-state index in [4.69, 9.17) is 4.74 Å². The van der Waals surface area contributed by atoms with Crippen LogP contribution in [0.1, 0.15) is 45.7 Å². The molecule has 1 heterocycles. The molecular formula is C19H27N4O4+. The van der Waals surface area contributed by atoms with E-state index in [-0.39, 0.29) is 11.2 Å².